The lowest BCUT2D eigenvalue weighted by Gasteiger charge is -2.17. The second kappa shape index (κ2) is 6.09. The lowest BCUT2D eigenvalue weighted by atomic mass is 10.0. The second-order valence-corrected chi connectivity index (χ2v) is 4.74. The highest BCUT2D eigenvalue weighted by Gasteiger charge is 2.25. The van der Waals surface area contributed by atoms with E-state index in [1.165, 1.54) is 13.1 Å². The number of nitriles is 1. The Hall–Kier alpha value is -0.590. The highest BCUT2D eigenvalue weighted by Crippen LogP contribution is 2.21. The maximum Gasteiger partial charge on any atom is 0.0965 e. The van der Waals surface area contributed by atoms with Crippen molar-refractivity contribution in [3.8, 4) is 6.07 Å². The highest BCUT2D eigenvalue weighted by atomic mass is 15.2. The first-order chi connectivity index (χ1) is 7.17. The summed E-state index contributed by atoms with van der Waals surface area (Å²) in [4.78, 5) is 2.48. The van der Waals surface area contributed by atoms with Crippen LogP contribution in [0.25, 0.3) is 0 Å². The first-order valence-electron chi connectivity index (χ1n) is 6.02. The Labute approximate surface area is 93.5 Å². The summed E-state index contributed by atoms with van der Waals surface area (Å²) in [7, 11) is 0. The molecule has 3 heteroatoms. The summed E-state index contributed by atoms with van der Waals surface area (Å²) < 4.78 is 0. The van der Waals surface area contributed by atoms with E-state index in [1.807, 2.05) is 6.92 Å². The first kappa shape index (κ1) is 12.5. The Bertz CT molecular complexity index is 211. The molecule has 0 aromatic rings. The van der Waals surface area contributed by atoms with Gasteiger partial charge in [-0.1, -0.05) is 20.8 Å². The number of likely N-dealkylation sites (tertiary alicyclic amines) is 1. The molecule has 1 N–H and O–H groups in total. The van der Waals surface area contributed by atoms with Crippen LogP contribution in [0.4, 0.5) is 0 Å². The fourth-order valence-electron chi connectivity index (χ4n) is 2.20. The summed E-state index contributed by atoms with van der Waals surface area (Å²) in [6.45, 7) is 11.0. The van der Waals surface area contributed by atoms with E-state index < -0.39 is 0 Å². The normalized spacial score (nSPS) is 28.9. The third-order valence-corrected chi connectivity index (χ3v) is 3.40. The van der Waals surface area contributed by atoms with Gasteiger partial charge in [0.1, 0.15) is 0 Å². The van der Waals surface area contributed by atoms with Crippen molar-refractivity contribution in [3.63, 3.8) is 0 Å². The van der Waals surface area contributed by atoms with Crippen molar-refractivity contribution in [2.75, 3.05) is 26.2 Å². The molecule has 0 aliphatic carbocycles. The minimum absolute atomic E-state index is 0.0289. The molecule has 15 heavy (non-hydrogen) atoms. The van der Waals surface area contributed by atoms with Crippen molar-refractivity contribution in [3.05, 3.63) is 0 Å². The maximum atomic E-state index is 8.90. The van der Waals surface area contributed by atoms with Gasteiger partial charge in [-0.2, -0.15) is 5.26 Å². The fourth-order valence-corrected chi connectivity index (χ4v) is 2.20. The van der Waals surface area contributed by atoms with Crippen molar-refractivity contribution in [1.29, 1.82) is 5.26 Å². The molecule has 1 aliphatic rings. The van der Waals surface area contributed by atoms with Crippen LogP contribution in [0.5, 0.6) is 0 Å². The van der Waals surface area contributed by atoms with E-state index in [0.29, 0.717) is 0 Å². The number of hydrogen-bond acceptors (Lipinski definition) is 3. The molecule has 0 saturated carbocycles. The minimum Gasteiger partial charge on any atom is -0.303 e. The summed E-state index contributed by atoms with van der Waals surface area (Å²) in [5.74, 6) is 1.62. The Morgan fingerprint density at radius 2 is 2.00 bits per heavy atom. The van der Waals surface area contributed by atoms with Gasteiger partial charge in [-0.15, -0.1) is 0 Å². The summed E-state index contributed by atoms with van der Waals surface area (Å²) >= 11 is 0. The van der Waals surface area contributed by atoms with Crippen LogP contribution in [0.2, 0.25) is 0 Å². The van der Waals surface area contributed by atoms with Gasteiger partial charge in [-0.05, 0) is 24.8 Å². The Morgan fingerprint density at radius 1 is 1.40 bits per heavy atom. The van der Waals surface area contributed by atoms with E-state index in [1.54, 1.807) is 0 Å². The average molecular weight is 209 g/mol. The molecule has 0 aromatic carbocycles. The van der Waals surface area contributed by atoms with Gasteiger partial charge in [0, 0.05) is 19.6 Å². The van der Waals surface area contributed by atoms with E-state index in [2.05, 4.69) is 30.1 Å². The third-order valence-electron chi connectivity index (χ3n) is 3.40. The molecule has 1 saturated heterocycles. The lowest BCUT2D eigenvalue weighted by molar-refractivity contribution is 0.309. The first-order valence-corrected chi connectivity index (χ1v) is 6.02. The van der Waals surface area contributed by atoms with Crippen LogP contribution in [-0.2, 0) is 0 Å². The zero-order valence-corrected chi connectivity index (χ0v) is 10.2. The Kier molecular flexibility index (Phi) is 5.07. The smallest absolute Gasteiger partial charge is 0.0965 e. The van der Waals surface area contributed by atoms with E-state index in [9.17, 15) is 0 Å². The largest absolute Gasteiger partial charge is 0.303 e. The molecule has 3 atom stereocenters. The van der Waals surface area contributed by atoms with Crippen LogP contribution in [0, 0.1) is 23.2 Å². The number of rotatable bonds is 5. The average Bonchev–Trinajstić information content (AvgIpc) is 2.53. The summed E-state index contributed by atoms with van der Waals surface area (Å²) in [5.41, 5.74) is 0. The molecule has 1 aliphatic heterocycles. The predicted octanol–water partition coefficient (Wildman–Crippen LogP) is 1.47. The second-order valence-electron chi connectivity index (χ2n) is 4.74. The zero-order valence-electron chi connectivity index (χ0n) is 10.2. The van der Waals surface area contributed by atoms with Gasteiger partial charge in [0.25, 0.3) is 0 Å². The van der Waals surface area contributed by atoms with Crippen LogP contribution in [0.15, 0.2) is 0 Å². The number of nitrogens with zero attached hydrogens (tertiary/aromatic N) is 2. The van der Waals surface area contributed by atoms with Gasteiger partial charge in [0.05, 0.1) is 12.1 Å². The van der Waals surface area contributed by atoms with Crippen molar-refractivity contribution in [2.45, 2.75) is 33.2 Å². The zero-order chi connectivity index (χ0) is 11.3. The molecule has 0 amide bonds. The van der Waals surface area contributed by atoms with Gasteiger partial charge in [0.2, 0.25) is 0 Å². The van der Waals surface area contributed by atoms with Gasteiger partial charge < -0.3 is 10.2 Å². The molecule has 0 aromatic heterocycles. The quantitative estimate of drug-likeness (QED) is 0.745. The maximum absolute atomic E-state index is 8.90. The lowest BCUT2D eigenvalue weighted by Crippen LogP contribution is -2.32. The molecule has 3 unspecified atom stereocenters. The van der Waals surface area contributed by atoms with Gasteiger partial charge in [-0.25, -0.2) is 0 Å². The minimum atomic E-state index is 0.0289. The number of hydrogen-bond donors (Lipinski definition) is 1. The van der Waals surface area contributed by atoms with Crippen molar-refractivity contribution >= 4 is 0 Å². The van der Waals surface area contributed by atoms with E-state index >= 15 is 0 Å². The molecular formula is C12H23N3. The van der Waals surface area contributed by atoms with Crippen LogP contribution in [-0.4, -0.2) is 37.1 Å². The highest BCUT2D eigenvalue weighted by molar-refractivity contribution is 4.90. The molecule has 0 spiro atoms. The monoisotopic (exact) mass is 209 g/mol. The van der Waals surface area contributed by atoms with Crippen molar-refractivity contribution in [2.24, 2.45) is 11.8 Å². The molecule has 0 radical (unpaired) electrons. The molecule has 0 bridgehead atoms. The molecular weight excluding hydrogens is 186 g/mol. The Balaban J connectivity index is 2.23. The van der Waals surface area contributed by atoms with Gasteiger partial charge >= 0.3 is 0 Å². The van der Waals surface area contributed by atoms with Crippen molar-refractivity contribution < 1.29 is 0 Å². The fraction of sp³-hybridized carbons (Fsp3) is 0.917. The Morgan fingerprint density at radius 3 is 2.47 bits per heavy atom. The summed E-state index contributed by atoms with van der Waals surface area (Å²) in [6.07, 6.45) is 0.948. The standard InChI is InChI=1S/C12H23N3/c1-4-14-12(7-13)5-6-15-8-10(2)11(3)9-15/h10-12,14H,4-6,8-9H2,1-3H3. The third kappa shape index (κ3) is 3.81. The molecule has 1 rings (SSSR count). The van der Waals surface area contributed by atoms with Crippen molar-refractivity contribution in [1.82, 2.24) is 10.2 Å². The van der Waals surface area contributed by atoms with Crippen LogP contribution < -0.4 is 5.32 Å². The predicted molar refractivity (Wildman–Crippen MR) is 62.5 cm³/mol. The summed E-state index contributed by atoms with van der Waals surface area (Å²) in [6, 6.07) is 2.34. The van der Waals surface area contributed by atoms with Crippen LogP contribution >= 0.6 is 0 Å². The van der Waals surface area contributed by atoms with Crippen LogP contribution in [0.3, 0.4) is 0 Å². The molecule has 1 fully saturated rings. The molecule has 3 nitrogen and oxygen atoms in total. The summed E-state index contributed by atoms with van der Waals surface area (Å²) in [5, 5.41) is 12.1. The van der Waals surface area contributed by atoms with Gasteiger partial charge in [-0.3, -0.25) is 0 Å². The van der Waals surface area contributed by atoms with E-state index in [4.69, 9.17) is 5.26 Å². The van der Waals surface area contributed by atoms with E-state index in [0.717, 1.165) is 31.3 Å². The molecule has 1 heterocycles. The van der Waals surface area contributed by atoms with Gasteiger partial charge in [0.15, 0.2) is 0 Å². The number of nitrogens with one attached hydrogen (secondary N) is 1. The van der Waals surface area contributed by atoms with E-state index in [-0.39, 0.29) is 6.04 Å². The molecule has 86 valence electrons. The van der Waals surface area contributed by atoms with Crippen LogP contribution in [0.1, 0.15) is 27.2 Å². The topological polar surface area (TPSA) is 39.1 Å². The SMILES string of the molecule is CCNC(C#N)CCN1CC(C)C(C)C1.